The first kappa shape index (κ1) is 12.6. The highest BCUT2D eigenvalue weighted by Gasteiger charge is 2.27. The minimum Gasteiger partial charge on any atom is -0.359 e. The smallest absolute Gasteiger partial charge is 0.146 e. The summed E-state index contributed by atoms with van der Waals surface area (Å²) in [5, 5.41) is 3.58. The zero-order chi connectivity index (χ0) is 11.9. The van der Waals surface area contributed by atoms with E-state index in [0.29, 0.717) is 18.9 Å². The Balaban J connectivity index is 1.78. The van der Waals surface area contributed by atoms with E-state index in [-0.39, 0.29) is 0 Å². The summed E-state index contributed by atoms with van der Waals surface area (Å²) in [6, 6.07) is 10.9. The summed E-state index contributed by atoms with van der Waals surface area (Å²) < 4.78 is 10.6. The van der Waals surface area contributed by atoms with Gasteiger partial charge in [0, 0.05) is 19.7 Å². The molecule has 0 heterocycles. The zero-order valence-electron chi connectivity index (χ0n) is 10.4. The molecular formula is C14H21NO2. The summed E-state index contributed by atoms with van der Waals surface area (Å²) in [4.78, 5) is 0. The Hall–Kier alpha value is -0.900. The monoisotopic (exact) mass is 235 g/mol. The van der Waals surface area contributed by atoms with Crippen LogP contribution < -0.4 is 5.32 Å². The number of hydrogen-bond acceptors (Lipinski definition) is 3. The van der Waals surface area contributed by atoms with Gasteiger partial charge in [0.15, 0.2) is 0 Å². The highest BCUT2D eigenvalue weighted by molar-refractivity contribution is 5.14. The topological polar surface area (TPSA) is 30.5 Å². The van der Waals surface area contributed by atoms with Crippen LogP contribution in [0.4, 0.5) is 0 Å². The van der Waals surface area contributed by atoms with Crippen LogP contribution in [-0.2, 0) is 16.0 Å². The first-order valence-corrected chi connectivity index (χ1v) is 6.28. The maximum Gasteiger partial charge on any atom is 0.146 e. The molecule has 1 saturated carbocycles. The van der Waals surface area contributed by atoms with Gasteiger partial charge < -0.3 is 14.8 Å². The maximum atomic E-state index is 5.67. The minimum absolute atomic E-state index is 0.304. The lowest BCUT2D eigenvalue weighted by atomic mass is 10.2. The quantitative estimate of drug-likeness (QED) is 0.768. The van der Waals surface area contributed by atoms with E-state index in [1.54, 1.807) is 7.11 Å². The van der Waals surface area contributed by atoms with Crippen LogP contribution in [0, 0.1) is 0 Å². The van der Waals surface area contributed by atoms with Crippen LogP contribution in [0.3, 0.4) is 0 Å². The molecule has 0 aromatic heterocycles. The molecule has 0 bridgehead atoms. The molecule has 1 aliphatic carbocycles. The van der Waals surface area contributed by atoms with Crippen LogP contribution in [0.2, 0.25) is 0 Å². The van der Waals surface area contributed by atoms with E-state index in [2.05, 4.69) is 29.6 Å². The van der Waals surface area contributed by atoms with Gasteiger partial charge in [-0.1, -0.05) is 30.3 Å². The highest BCUT2D eigenvalue weighted by Crippen LogP contribution is 2.22. The van der Waals surface area contributed by atoms with Crippen molar-refractivity contribution in [2.75, 3.05) is 13.9 Å². The van der Waals surface area contributed by atoms with Crippen LogP contribution in [0.1, 0.15) is 24.8 Å². The number of rotatable bonds is 6. The van der Waals surface area contributed by atoms with Gasteiger partial charge in [0.1, 0.15) is 6.79 Å². The molecule has 1 N–H and O–H groups in total. The third-order valence-electron chi connectivity index (χ3n) is 3.26. The van der Waals surface area contributed by atoms with Gasteiger partial charge in [0.2, 0.25) is 0 Å². The van der Waals surface area contributed by atoms with Crippen molar-refractivity contribution in [2.24, 2.45) is 0 Å². The number of methoxy groups -OCH3 is 1. The van der Waals surface area contributed by atoms with Crippen LogP contribution in [0.5, 0.6) is 0 Å². The van der Waals surface area contributed by atoms with Crippen molar-refractivity contribution < 1.29 is 9.47 Å². The molecule has 0 spiro atoms. The Kier molecular flexibility index (Phi) is 4.98. The van der Waals surface area contributed by atoms with E-state index in [1.807, 2.05) is 6.07 Å². The highest BCUT2D eigenvalue weighted by atomic mass is 16.7. The van der Waals surface area contributed by atoms with Crippen LogP contribution in [0.15, 0.2) is 30.3 Å². The fraction of sp³-hybridized carbons (Fsp3) is 0.571. The third-order valence-corrected chi connectivity index (χ3v) is 3.26. The second kappa shape index (κ2) is 6.74. The summed E-state index contributed by atoms with van der Waals surface area (Å²) in [7, 11) is 1.67. The molecule has 0 amide bonds. The Labute approximate surface area is 103 Å². The summed E-state index contributed by atoms with van der Waals surface area (Å²) in [5.41, 5.74) is 1.32. The molecule has 94 valence electrons. The van der Waals surface area contributed by atoms with Crippen molar-refractivity contribution in [2.45, 2.75) is 38.0 Å². The van der Waals surface area contributed by atoms with Crippen LogP contribution in [0.25, 0.3) is 0 Å². The standard InChI is InChI=1S/C14H21NO2/c1-16-11-17-14-9-5-8-13(14)15-10-12-6-3-2-4-7-12/h2-4,6-7,13-15H,5,8-11H2,1H3/t13-,14+/m1/s1. The van der Waals surface area contributed by atoms with Gasteiger partial charge in [0.25, 0.3) is 0 Å². The van der Waals surface area contributed by atoms with E-state index in [9.17, 15) is 0 Å². The van der Waals surface area contributed by atoms with Gasteiger partial charge in [-0.3, -0.25) is 0 Å². The summed E-state index contributed by atoms with van der Waals surface area (Å²) in [6.45, 7) is 1.31. The van der Waals surface area contributed by atoms with Crippen molar-refractivity contribution in [3.05, 3.63) is 35.9 Å². The number of ether oxygens (including phenoxy) is 2. The predicted molar refractivity (Wildman–Crippen MR) is 67.7 cm³/mol. The Morgan fingerprint density at radius 1 is 1.24 bits per heavy atom. The van der Waals surface area contributed by atoms with Crippen molar-refractivity contribution in [1.29, 1.82) is 0 Å². The van der Waals surface area contributed by atoms with Gasteiger partial charge in [-0.15, -0.1) is 0 Å². The SMILES string of the molecule is COCO[C@H]1CCC[C@H]1NCc1ccccc1. The molecule has 0 radical (unpaired) electrons. The van der Waals surface area contributed by atoms with Crippen molar-refractivity contribution in [1.82, 2.24) is 5.32 Å². The lowest BCUT2D eigenvalue weighted by Crippen LogP contribution is -2.37. The lowest BCUT2D eigenvalue weighted by molar-refractivity contribution is -0.0767. The molecule has 0 unspecified atom stereocenters. The first-order chi connectivity index (χ1) is 8.40. The van der Waals surface area contributed by atoms with Crippen LogP contribution in [-0.4, -0.2) is 26.0 Å². The number of benzene rings is 1. The van der Waals surface area contributed by atoms with Gasteiger partial charge >= 0.3 is 0 Å². The van der Waals surface area contributed by atoms with Crippen molar-refractivity contribution in [3.8, 4) is 0 Å². The molecule has 1 aromatic carbocycles. The molecule has 17 heavy (non-hydrogen) atoms. The van der Waals surface area contributed by atoms with E-state index >= 15 is 0 Å². The molecule has 1 aliphatic rings. The molecule has 2 atom stereocenters. The molecule has 2 rings (SSSR count). The Bertz CT molecular complexity index is 315. The predicted octanol–water partition coefficient (Wildman–Crippen LogP) is 2.32. The van der Waals surface area contributed by atoms with E-state index in [4.69, 9.17) is 9.47 Å². The largest absolute Gasteiger partial charge is 0.359 e. The van der Waals surface area contributed by atoms with Gasteiger partial charge in [0.05, 0.1) is 6.10 Å². The number of nitrogens with one attached hydrogen (secondary N) is 1. The molecule has 1 fully saturated rings. The van der Waals surface area contributed by atoms with Gasteiger partial charge in [-0.05, 0) is 24.8 Å². The fourth-order valence-electron chi connectivity index (χ4n) is 2.36. The Morgan fingerprint density at radius 3 is 2.82 bits per heavy atom. The minimum atomic E-state index is 0.304. The average Bonchev–Trinajstić information content (AvgIpc) is 2.82. The fourth-order valence-corrected chi connectivity index (χ4v) is 2.36. The molecular weight excluding hydrogens is 214 g/mol. The molecule has 0 aliphatic heterocycles. The third kappa shape index (κ3) is 3.80. The Morgan fingerprint density at radius 2 is 2.06 bits per heavy atom. The summed E-state index contributed by atoms with van der Waals surface area (Å²) in [6.07, 6.45) is 3.87. The second-order valence-electron chi connectivity index (χ2n) is 4.52. The van der Waals surface area contributed by atoms with E-state index in [1.165, 1.54) is 18.4 Å². The van der Waals surface area contributed by atoms with E-state index in [0.717, 1.165) is 13.0 Å². The van der Waals surface area contributed by atoms with Crippen molar-refractivity contribution >= 4 is 0 Å². The molecule has 1 aromatic rings. The number of hydrogen-bond donors (Lipinski definition) is 1. The van der Waals surface area contributed by atoms with E-state index < -0.39 is 0 Å². The molecule has 3 nitrogen and oxygen atoms in total. The van der Waals surface area contributed by atoms with Crippen LogP contribution >= 0.6 is 0 Å². The maximum absolute atomic E-state index is 5.67. The van der Waals surface area contributed by atoms with Gasteiger partial charge in [-0.25, -0.2) is 0 Å². The summed E-state index contributed by atoms with van der Waals surface area (Å²) >= 11 is 0. The van der Waals surface area contributed by atoms with Gasteiger partial charge in [-0.2, -0.15) is 0 Å². The zero-order valence-corrected chi connectivity index (χ0v) is 10.4. The first-order valence-electron chi connectivity index (χ1n) is 6.28. The second-order valence-corrected chi connectivity index (χ2v) is 4.52. The normalized spacial score (nSPS) is 24.1. The molecule has 3 heteroatoms. The lowest BCUT2D eigenvalue weighted by Gasteiger charge is -2.21. The average molecular weight is 235 g/mol. The van der Waals surface area contributed by atoms with Crippen molar-refractivity contribution in [3.63, 3.8) is 0 Å². The summed E-state index contributed by atoms with van der Waals surface area (Å²) in [5.74, 6) is 0. The molecule has 0 saturated heterocycles.